The Bertz CT molecular complexity index is 1150. The van der Waals surface area contributed by atoms with Gasteiger partial charge in [0.25, 0.3) is 0 Å². The fourth-order valence-electron chi connectivity index (χ4n) is 2.96. The Labute approximate surface area is 178 Å². The second kappa shape index (κ2) is 9.34. The Hall–Kier alpha value is -3.81. The van der Waals surface area contributed by atoms with Crippen molar-refractivity contribution in [2.45, 2.75) is 26.1 Å². The lowest BCUT2D eigenvalue weighted by Gasteiger charge is -2.17. The van der Waals surface area contributed by atoms with E-state index in [-0.39, 0.29) is 27.9 Å². The summed E-state index contributed by atoms with van der Waals surface area (Å²) in [5.74, 6) is -0.581. The standard InChI is InChI=1S/C23H22O8/c1-13(22(25)27-3)29-16-10-19(30-14(2)23(26)28-4)21-17(24)12-18(31-20(21)11-16)15-8-6-5-7-9-15/h5-14H,1-4H3/t13-,14+/m1/s1. The third kappa shape index (κ3) is 4.85. The summed E-state index contributed by atoms with van der Waals surface area (Å²) < 4.78 is 26.6. The molecule has 0 spiro atoms. The van der Waals surface area contributed by atoms with Gasteiger partial charge >= 0.3 is 11.9 Å². The van der Waals surface area contributed by atoms with Crippen molar-refractivity contribution in [1.29, 1.82) is 0 Å². The molecule has 1 heterocycles. The largest absolute Gasteiger partial charge is 0.479 e. The molecule has 0 radical (unpaired) electrons. The van der Waals surface area contributed by atoms with Gasteiger partial charge in [0.15, 0.2) is 17.6 Å². The average molecular weight is 426 g/mol. The topological polar surface area (TPSA) is 101 Å². The number of carbonyl (C=O) groups excluding carboxylic acids is 2. The highest BCUT2D eigenvalue weighted by atomic mass is 16.6. The van der Waals surface area contributed by atoms with E-state index in [0.717, 1.165) is 0 Å². The maximum Gasteiger partial charge on any atom is 0.346 e. The normalized spacial score (nSPS) is 12.6. The summed E-state index contributed by atoms with van der Waals surface area (Å²) >= 11 is 0. The summed E-state index contributed by atoms with van der Waals surface area (Å²) in [6.07, 6.45) is -1.91. The molecule has 0 N–H and O–H groups in total. The number of ether oxygens (including phenoxy) is 4. The number of hydrogen-bond donors (Lipinski definition) is 0. The number of fused-ring (bicyclic) bond motifs is 1. The molecule has 0 bridgehead atoms. The van der Waals surface area contributed by atoms with Crippen LogP contribution in [0.4, 0.5) is 0 Å². The second-order valence-electron chi connectivity index (χ2n) is 6.70. The third-order valence-corrected chi connectivity index (χ3v) is 4.51. The number of rotatable bonds is 7. The lowest BCUT2D eigenvalue weighted by atomic mass is 10.1. The van der Waals surface area contributed by atoms with Crippen LogP contribution in [-0.4, -0.2) is 38.4 Å². The van der Waals surface area contributed by atoms with E-state index in [4.69, 9.17) is 13.9 Å². The van der Waals surface area contributed by atoms with Gasteiger partial charge in [0.1, 0.15) is 28.2 Å². The molecule has 8 heteroatoms. The van der Waals surface area contributed by atoms with Gasteiger partial charge in [-0.05, 0) is 13.8 Å². The Balaban J connectivity index is 2.15. The minimum absolute atomic E-state index is 0.0656. The molecule has 8 nitrogen and oxygen atoms in total. The Kier molecular flexibility index (Phi) is 6.59. The van der Waals surface area contributed by atoms with Crippen LogP contribution in [0.2, 0.25) is 0 Å². The quantitative estimate of drug-likeness (QED) is 0.530. The summed E-state index contributed by atoms with van der Waals surface area (Å²) in [7, 11) is 2.48. The van der Waals surface area contributed by atoms with Gasteiger partial charge < -0.3 is 23.4 Å². The SMILES string of the molecule is COC(=O)[C@H](C)Oc1cc(O[C@H](C)C(=O)OC)cc2oc(-c3ccccc3)cc(=O)c12. The monoisotopic (exact) mass is 426 g/mol. The van der Waals surface area contributed by atoms with Crippen LogP contribution in [0.15, 0.2) is 57.7 Å². The molecule has 0 amide bonds. The molecule has 0 aliphatic heterocycles. The van der Waals surface area contributed by atoms with Crippen molar-refractivity contribution in [1.82, 2.24) is 0 Å². The third-order valence-electron chi connectivity index (χ3n) is 4.51. The lowest BCUT2D eigenvalue weighted by molar-refractivity contribution is -0.148. The molecule has 31 heavy (non-hydrogen) atoms. The predicted octanol–water partition coefficient (Wildman–Crippen LogP) is 3.34. The van der Waals surface area contributed by atoms with Crippen LogP contribution in [0.25, 0.3) is 22.3 Å². The number of esters is 2. The summed E-state index contributed by atoms with van der Waals surface area (Å²) in [5, 5.41) is 0.133. The molecular formula is C23H22O8. The highest BCUT2D eigenvalue weighted by molar-refractivity contribution is 5.87. The van der Waals surface area contributed by atoms with E-state index in [1.54, 1.807) is 12.1 Å². The van der Waals surface area contributed by atoms with Crippen molar-refractivity contribution in [3.63, 3.8) is 0 Å². The fraction of sp³-hybridized carbons (Fsp3) is 0.261. The number of carbonyl (C=O) groups is 2. The molecule has 0 saturated carbocycles. The van der Waals surface area contributed by atoms with Crippen LogP contribution >= 0.6 is 0 Å². The Morgan fingerprint density at radius 1 is 0.871 bits per heavy atom. The van der Waals surface area contributed by atoms with Crippen molar-refractivity contribution in [3.8, 4) is 22.8 Å². The van der Waals surface area contributed by atoms with E-state index in [2.05, 4.69) is 9.47 Å². The van der Waals surface area contributed by atoms with E-state index >= 15 is 0 Å². The summed E-state index contributed by atoms with van der Waals surface area (Å²) in [6.45, 7) is 3.01. The smallest absolute Gasteiger partial charge is 0.346 e. The van der Waals surface area contributed by atoms with Gasteiger partial charge in [-0.1, -0.05) is 30.3 Å². The zero-order valence-corrected chi connectivity index (χ0v) is 17.5. The Morgan fingerprint density at radius 2 is 1.48 bits per heavy atom. The maximum atomic E-state index is 12.9. The summed E-state index contributed by atoms with van der Waals surface area (Å²) in [4.78, 5) is 36.5. The van der Waals surface area contributed by atoms with Gasteiger partial charge in [0.05, 0.1) is 14.2 Å². The van der Waals surface area contributed by atoms with Crippen LogP contribution in [0.5, 0.6) is 11.5 Å². The summed E-state index contributed by atoms with van der Waals surface area (Å²) in [6, 6.07) is 13.4. The number of benzene rings is 2. The van der Waals surface area contributed by atoms with Crippen molar-refractivity contribution in [2.75, 3.05) is 14.2 Å². The van der Waals surface area contributed by atoms with E-state index in [1.807, 2.05) is 18.2 Å². The molecule has 3 aromatic rings. The molecule has 0 aliphatic rings. The van der Waals surface area contributed by atoms with Gasteiger partial charge in [-0.3, -0.25) is 4.79 Å². The van der Waals surface area contributed by atoms with E-state index in [1.165, 1.54) is 46.3 Å². The molecular weight excluding hydrogens is 404 g/mol. The minimum Gasteiger partial charge on any atom is -0.479 e. The molecule has 2 atom stereocenters. The molecule has 0 fully saturated rings. The first-order chi connectivity index (χ1) is 14.8. The first-order valence-electron chi connectivity index (χ1n) is 9.50. The molecule has 3 rings (SSSR count). The molecule has 2 aromatic carbocycles. The van der Waals surface area contributed by atoms with Crippen LogP contribution < -0.4 is 14.9 Å². The fourth-order valence-corrected chi connectivity index (χ4v) is 2.96. The zero-order chi connectivity index (χ0) is 22.5. The molecule has 0 aliphatic carbocycles. The highest BCUT2D eigenvalue weighted by Crippen LogP contribution is 2.33. The minimum atomic E-state index is -0.991. The van der Waals surface area contributed by atoms with Crippen LogP contribution in [-0.2, 0) is 19.1 Å². The molecule has 0 unspecified atom stereocenters. The van der Waals surface area contributed by atoms with Crippen molar-refractivity contribution >= 4 is 22.9 Å². The summed E-state index contributed by atoms with van der Waals surface area (Å²) in [5.41, 5.74) is 0.522. The van der Waals surface area contributed by atoms with Gasteiger partial charge in [0, 0.05) is 23.8 Å². The number of methoxy groups -OCH3 is 2. The molecule has 162 valence electrons. The van der Waals surface area contributed by atoms with Gasteiger partial charge in [-0.2, -0.15) is 0 Å². The number of hydrogen-bond acceptors (Lipinski definition) is 8. The maximum absolute atomic E-state index is 12.9. The van der Waals surface area contributed by atoms with E-state index in [9.17, 15) is 14.4 Å². The van der Waals surface area contributed by atoms with Gasteiger partial charge in [0.2, 0.25) is 0 Å². The van der Waals surface area contributed by atoms with Crippen LogP contribution in [0, 0.1) is 0 Å². The van der Waals surface area contributed by atoms with Crippen LogP contribution in [0.3, 0.4) is 0 Å². The van der Waals surface area contributed by atoms with Crippen molar-refractivity contribution in [3.05, 3.63) is 58.8 Å². The van der Waals surface area contributed by atoms with Crippen molar-refractivity contribution in [2.24, 2.45) is 0 Å². The molecule has 0 saturated heterocycles. The van der Waals surface area contributed by atoms with E-state index in [0.29, 0.717) is 11.3 Å². The predicted molar refractivity (Wildman–Crippen MR) is 112 cm³/mol. The van der Waals surface area contributed by atoms with Crippen molar-refractivity contribution < 1.29 is 33.0 Å². The van der Waals surface area contributed by atoms with Gasteiger partial charge in [-0.25, -0.2) is 9.59 Å². The lowest BCUT2D eigenvalue weighted by Crippen LogP contribution is -2.26. The average Bonchev–Trinajstić information content (AvgIpc) is 2.77. The first-order valence-corrected chi connectivity index (χ1v) is 9.50. The highest BCUT2D eigenvalue weighted by Gasteiger charge is 2.22. The van der Waals surface area contributed by atoms with Gasteiger partial charge in [-0.15, -0.1) is 0 Å². The van der Waals surface area contributed by atoms with Crippen LogP contribution in [0.1, 0.15) is 13.8 Å². The van der Waals surface area contributed by atoms with E-state index < -0.39 is 24.1 Å². The Morgan fingerprint density at radius 3 is 2.10 bits per heavy atom. The first kappa shape index (κ1) is 21.9. The molecule has 1 aromatic heterocycles. The zero-order valence-electron chi connectivity index (χ0n) is 17.5. The second-order valence-corrected chi connectivity index (χ2v) is 6.70.